The van der Waals surface area contributed by atoms with Crippen LogP contribution in [0.3, 0.4) is 0 Å². The third kappa shape index (κ3) is 4.57. The van der Waals surface area contributed by atoms with E-state index in [-0.39, 0.29) is 5.91 Å². The number of benzene rings is 2. The third-order valence-electron chi connectivity index (χ3n) is 2.83. The summed E-state index contributed by atoms with van der Waals surface area (Å²) in [4.78, 5) is 11.1. The minimum Gasteiger partial charge on any atom is -0.332 e. The van der Waals surface area contributed by atoms with E-state index in [0.717, 1.165) is 22.6 Å². The van der Waals surface area contributed by atoms with Gasteiger partial charge in [-0.15, -0.1) is 0 Å². The molecule has 5 heteroatoms. The summed E-state index contributed by atoms with van der Waals surface area (Å²) < 4.78 is 0. The van der Waals surface area contributed by atoms with Gasteiger partial charge in [-0.2, -0.15) is 0 Å². The van der Waals surface area contributed by atoms with Crippen LogP contribution in [0.4, 0.5) is 17.1 Å². The van der Waals surface area contributed by atoms with Crippen molar-refractivity contribution in [3.63, 3.8) is 0 Å². The zero-order chi connectivity index (χ0) is 15.2. The van der Waals surface area contributed by atoms with Crippen molar-refractivity contribution >= 4 is 40.3 Å². The Morgan fingerprint density at radius 2 is 1.62 bits per heavy atom. The Labute approximate surface area is 129 Å². The van der Waals surface area contributed by atoms with E-state index in [1.165, 1.54) is 6.92 Å². The highest BCUT2D eigenvalue weighted by Gasteiger charge is 2.02. The van der Waals surface area contributed by atoms with Gasteiger partial charge in [0.1, 0.15) is 0 Å². The number of anilines is 3. The SMILES string of the molecule is CC(=O)Nc1cccc(NC(=S)Nc2ccccc2C)c1. The molecule has 0 unspecified atom stereocenters. The number of para-hydroxylation sites is 1. The molecule has 1 amide bonds. The fourth-order valence-corrected chi connectivity index (χ4v) is 2.10. The lowest BCUT2D eigenvalue weighted by atomic mass is 10.2. The summed E-state index contributed by atoms with van der Waals surface area (Å²) in [7, 11) is 0. The first-order chi connectivity index (χ1) is 10.0. The molecule has 0 aliphatic rings. The quantitative estimate of drug-likeness (QED) is 0.755. The van der Waals surface area contributed by atoms with Crippen LogP contribution in [0.25, 0.3) is 0 Å². The lowest BCUT2D eigenvalue weighted by Gasteiger charge is -2.13. The highest BCUT2D eigenvalue weighted by atomic mass is 32.1. The summed E-state index contributed by atoms with van der Waals surface area (Å²) >= 11 is 5.30. The Morgan fingerprint density at radius 3 is 2.29 bits per heavy atom. The molecule has 0 radical (unpaired) electrons. The summed E-state index contributed by atoms with van der Waals surface area (Å²) in [5.41, 5.74) is 3.63. The Kier molecular flexibility index (Phi) is 4.90. The lowest BCUT2D eigenvalue weighted by Crippen LogP contribution is -2.19. The Bertz CT molecular complexity index is 670. The summed E-state index contributed by atoms with van der Waals surface area (Å²) in [5.74, 6) is -0.104. The average Bonchev–Trinajstić information content (AvgIpc) is 2.41. The second-order valence-electron chi connectivity index (χ2n) is 4.66. The van der Waals surface area contributed by atoms with Crippen LogP contribution in [0.2, 0.25) is 0 Å². The number of carbonyl (C=O) groups is 1. The fraction of sp³-hybridized carbons (Fsp3) is 0.125. The summed E-state index contributed by atoms with van der Waals surface area (Å²) in [6.07, 6.45) is 0. The van der Waals surface area contributed by atoms with Crippen molar-refractivity contribution < 1.29 is 4.79 Å². The Hall–Kier alpha value is -2.40. The number of hydrogen-bond acceptors (Lipinski definition) is 2. The highest BCUT2D eigenvalue weighted by Crippen LogP contribution is 2.17. The predicted octanol–water partition coefficient (Wildman–Crippen LogP) is 3.76. The number of carbonyl (C=O) groups excluding carboxylic acids is 1. The van der Waals surface area contributed by atoms with Crippen molar-refractivity contribution in [3.8, 4) is 0 Å². The average molecular weight is 299 g/mol. The van der Waals surface area contributed by atoms with E-state index in [4.69, 9.17) is 12.2 Å². The van der Waals surface area contributed by atoms with Gasteiger partial charge in [0.15, 0.2) is 5.11 Å². The number of aryl methyl sites for hydroxylation is 1. The van der Waals surface area contributed by atoms with Crippen molar-refractivity contribution in [2.24, 2.45) is 0 Å². The molecule has 0 aliphatic heterocycles. The molecule has 4 nitrogen and oxygen atoms in total. The molecule has 0 aliphatic carbocycles. The van der Waals surface area contributed by atoms with Gasteiger partial charge in [-0.3, -0.25) is 4.79 Å². The second-order valence-corrected chi connectivity index (χ2v) is 5.06. The van der Waals surface area contributed by atoms with Crippen LogP contribution in [-0.4, -0.2) is 11.0 Å². The van der Waals surface area contributed by atoms with Crippen LogP contribution >= 0.6 is 12.2 Å². The van der Waals surface area contributed by atoms with Crippen LogP contribution in [0.15, 0.2) is 48.5 Å². The zero-order valence-electron chi connectivity index (χ0n) is 11.9. The third-order valence-corrected chi connectivity index (χ3v) is 3.04. The molecule has 0 saturated heterocycles. The summed E-state index contributed by atoms with van der Waals surface area (Å²) in [6.45, 7) is 3.49. The van der Waals surface area contributed by atoms with Gasteiger partial charge < -0.3 is 16.0 Å². The molecular formula is C16H17N3OS. The molecule has 0 spiro atoms. The first-order valence-corrected chi connectivity index (χ1v) is 6.97. The van der Waals surface area contributed by atoms with Gasteiger partial charge in [0.2, 0.25) is 5.91 Å². The van der Waals surface area contributed by atoms with E-state index in [1.54, 1.807) is 0 Å². The first-order valence-electron chi connectivity index (χ1n) is 6.56. The monoisotopic (exact) mass is 299 g/mol. The molecule has 0 aromatic heterocycles. The maximum absolute atomic E-state index is 11.1. The Balaban J connectivity index is 2.03. The van der Waals surface area contributed by atoms with E-state index in [0.29, 0.717) is 5.11 Å². The number of amides is 1. The molecule has 0 heterocycles. The fourth-order valence-electron chi connectivity index (χ4n) is 1.88. The molecule has 2 aromatic rings. The molecule has 0 fully saturated rings. The van der Waals surface area contributed by atoms with Crippen LogP contribution in [0.5, 0.6) is 0 Å². The molecule has 21 heavy (non-hydrogen) atoms. The van der Waals surface area contributed by atoms with Crippen LogP contribution in [0, 0.1) is 6.92 Å². The first kappa shape index (κ1) is 15.0. The Morgan fingerprint density at radius 1 is 0.952 bits per heavy atom. The second kappa shape index (κ2) is 6.85. The standard InChI is InChI=1S/C16H17N3OS/c1-11-6-3-4-9-15(11)19-16(21)18-14-8-5-7-13(10-14)17-12(2)20/h3-10H,1-2H3,(H,17,20)(H2,18,19,21). The highest BCUT2D eigenvalue weighted by molar-refractivity contribution is 7.80. The van der Waals surface area contributed by atoms with Gasteiger partial charge in [-0.05, 0) is 49.0 Å². The summed E-state index contributed by atoms with van der Waals surface area (Å²) in [6, 6.07) is 15.3. The summed E-state index contributed by atoms with van der Waals surface area (Å²) in [5, 5.41) is 9.49. The molecular weight excluding hydrogens is 282 g/mol. The molecule has 0 atom stereocenters. The molecule has 108 valence electrons. The molecule has 3 N–H and O–H groups in total. The van der Waals surface area contributed by atoms with Crippen molar-refractivity contribution in [2.75, 3.05) is 16.0 Å². The van der Waals surface area contributed by atoms with Crippen molar-refractivity contribution in [2.45, 2.75) is 13.8 Å². The predicted molar refractivity (Wildman–Crippen MR) is 91.8 cm³/mol. The normalized spacial score (nSPS) is 9.81. The van der Waals surface area contributed by atoms with Gasteiger partial charge >= 0.3 is 0 Å². The minimum absolute atomic E-state index is 0.104. The van der Waals surface area contributed by atoms with Crippen molar-refractivity contribution in [1.29, 1.82) is 0 Å². The molecule has 0 saturated carbocycles. The van der Waals surface area contributed by atoms with Gasteiger partial charge in [-0.1, -0.05) is 24.3 Å². The maximum Gasteiger partial charge on any atom is 0.221 e. The van der Waals surface area contributed by atoms with E-state index in [1.807, 2.05) is 55.5 Å². The van der Waals surface area contributed by atoms with Crippen LogP contribution in [-0.2, 0) is 4.79 Å². The maximum atomic E-state index is 11.1. The smallest absolute Gasteiger partial charge is 0.221 e. The van der Waals surface area contributed by atoms with Crippen LogP contribution < -0.4 is 16.0 Å². The van der Waals surface area contributed by atoms with Crippen molar-refractivity contribution in [1.82, 2.24) is 0 Å². The number of rotatable bonds is 3. The molecule has 2 aromatic carbocycles. The van der Waals surface area contributed by atoms with Crippen LogP contribution in [0.1, 0.15) is 12.5 Å². The van der Waals surface area contributed by atoms with E-state index < -0.39 is 0 Å². The number of hydrogen-bond donors (Lipinski definition) is 3. The molecule has 2 rings (SSSR count). The zero-order valence-corrected chi connectivity index (χ0v) is 12.8. The van der Waals surface area contributed by atoms with Gasteiger partial charge in [-0.25, -0.2) is 0 Å². The van der Waals surface area contributed by atoms with E-state index in [9.17, 15) is 4.79 Å². The lowest BCUT2D eigenvalue weighted by molar-refractivity contribution is -0.114. The topological polar surface area (TPSA) is 53.2 Å². The largest absolute Gasteiger partial charge is 0.332 e. The van der Waals surface area contributed by atoms with Gasteiger partial charge in [0, 0.05) is 24.0 Å². The van der Waals surface area contributed by atoms with E-state index >= 15 is 0 Å². The molecule has 0 bridgehead atoms. The van der Waals surface area contributed by atoms with E-state index in [2.05, 4.69) is 16.0 Å². The van der Waals surface area contributed by atoms with Gasteiger partial charge in [0.25, 0.3) is 0 Å². The number of nitrogens with one attached hydrogen (secondary N) is 3. The van der Waals surface area contributed by atoms with Crippen molar-refractivity contribution in [3.05, 3.63) is 54.1 Å². The van der Waals surface area contributed by atoms with Gasteiger partial charge in [0.05, 0.1) is 0 Å². The number of thiocarbonyl (C=S) groups is 1. The minimum atomic E-state index is -0.104.